The number of Topliss-reactive ketones (excluding diaryl/α,β-unsaturated/α-hetero) is 1. The minimum Gasteiger partial charge on any atom is -0.434 e. The van der Waals surface area contributed by atoms with E-state index < -0.39 is 17.7 Å². The van der Waals surface area contributed by atoms with E-state index in [-0.39, 0.29) is 30.0 Å². The summed E-state index contributed by atoms with van der Waals surface area (Å²) >= 11 is 0. The average Bonchev–Trinajstić information content (AvgIpc) is 2.93. The van der Waals surface area contributed by atoms with Gasteiger partial charge in [-0.3, -0.25) is 10.2 Å². The second-order valence-corrected chi connectivity index (χ2v) is 6.83. The van der Waals surface area contributed by atoms with Gasteiger partial charge in [0.1, 0.15) is 11.8 Å². The molecule has 0 aromatic carbocycles. The van der Waals surface area contributed by atoms with Crippen molar-refractivity contribution in [2.24, 2.45) is 17.1 Å². The van der Waals surface area contributed by atoms with Gasteiger partial charge >= 0.3 is 6.16 Å². The van der Waals surface area contributed by atoms with Crippen LogP contribution in [0.2, 0.25) is 0 Å². The first-order valence-electron chi connectivity index (χ1n) is 7.81. The summed E-state index contributed by atoms with van der Waals surface area (Å²) in [4.78, 5) is 24.2. The summed E-state index contributed by atoms with van der Waals surface area (Å²) in [6.07, 6.45) is 0.545. The zero-order valence-electron chi connectivity index (χ0n) is 14.8. The summed E-state index contributed by atoms with van der Waals surface area (Å²) in [5.74, 6) is -0.257. The van der Waals surface area contributed by atoms with E-state index in [9.17, 15) is 9.59 Å². The Morgan fingerprint density at radius 1 is 1.38 bits per heavy atom. The number of nitrogens with one attached hydrogen (secondary N) is 1. The number of carbonyl (C=O) groups excluding carboxylic acids is 2. The van der Waals surface area contributed by atoms with Crippen LogP contribution in [0.15, 0.2) is 12.3 Å². The maximum Gasteiger partial charge on any atom is 0.508 e. The van der Waals surface area contributed by atoms with E-state index >= 15 is 0 Å². The Morgan fingerprint density at radius 2 is 2.00 bits per heavy atom. The highest BCUT2D eigenvalue weighted by Gasteiger charge is 2.33. The highest BCUT2D eigenvalue weighted by molar-refractivity contribution is 5.98. The maximum absolute atomic E-state index is 12.6. The number of ketones is 1. The molecule has 0 saturated carbocycles. The molecule has 0 radical (unpaired) electrons. The third-order valence-electron chi connectivity index (χ3n) is 3.31. The molecule has 8 heteroatoms. The fourth-order valence-electron chi connectivity index (χ4n) is 2.21. The van der Waals surface area contributed by atoms with Crippen LogP contribution in [0.5, 0.6) is 0 Å². The Kier molecular flexibility index (Phi) is 6.51. The van der Waals surface area contributed by atoms with Gasteiger partial charge in [-0.2, -0.15) is 5.10 Å². The minimum atomic E-state index is -0.798. The van der Waals surface area contributed by atoms with Crippen molar-refractivity contribution in [3.8, 4) is 0 Å². The maximum atomic E-state index is 12.6. The molecule has 1 atom stereocenters. The monoisotopic (exact) mass is 338 g/mol. The standard InChI is InChI=1S/C16H26N4O4/c1-10(2)9-23-15(22)24-11(3)8-16(4,5)13(21)12-6-7-20(19-12)14(17)18/h6-7,10-11H,8-9H2,1-5H3,(H3,17,18). The number of rotatable bonds is 7. The van der Waals surface area contributed by atoms with Gasteiger partial charge in [0.15, 0.2) is 5.78 Å². The largest absolute Gasteiger partial charge is 0.508 e. The number of nitrogen functional groups attached to an aromatic ring is 1. The molecule has 0 fully saturated rings. The number of ether oxygens (including phenoxy) is 2. The zero-order chi connectivity index (χ0) is 18.5. The lowest BCUT2D eigenvalue weighted by Gasteiger charge is -2.25. The summed E-state index contributed by atoms with van der Waals surface area (Å²) in [7, 11) is 0. The molecule has 0 spiro atoms. The zero-order valence-corrected chi connectivity index (χ0v) is 14.8. The molecule has 134 valence electrons. The van der Waals surface area contributed by atoms with Crippen LogP contribution in [0.1, 0.15) is 51.5 Å². The first-order chi connectivity index (χ1) is 11.0. The van der Waals surface area contributed by atoms with Gasteiger partial charge in [-0.25, -0.2) is 9.48 Å². The number of hydrogen-bond acceptors (Lipinski definition) is 6. The fourth-order valence-corrected chi connectivity index (χ4v) is 2.21. The van der Waals surface area contributed by atoms with Crippen LogP contribution in [-0.2, 0) is 9.47 Å². The van der Waals surface area contributed by atoms with Crippen LogP contribution in [0, 0.1) is 16.7 Å². The highest BCUT2D eigenvalue weighted by Crippen LogP contribution is 2.28. The van der Waals surface area contributed by atoms with E-state index in [4.69, 9.17) is 20.6 Å². The van der Waals surface area contributed by atoms with Crippen LogP contribution in [0.25, 0.3) is 0 Å². The van der Waals surface area contributed by atoms with Gasteiger partial charge in [-0.1, -0.05) is 27.7 Å². The molecule has 3 N–H and O–H groups in total. The van der Waals surface area contributed by atoms with Gasteiger partial charge in [0.2, 0.25) is 5.96 Å². The van der Waals surface area contributed by atoms with Crippen molar-refractivity contribution in [1.29, 1.82) is 5.41 Å². The Morgan fingerprint density at radius 3 is 2.50 bits per heavy atom. The van der Waals surface area contributed by atoms with Crippen molar-refractivity contribution >= 4 is 17.9 Å². The second kappa shape index (κ2) is 7.94. The van der Waals surface area contributed by atoms with Crippen LogP contribution in [0.3, 0.4) is 0 Å². The topological polar surface area (TPSA) is 120 Å². The van der Waals surface area contributed by atoms with Gasteiger partial charge in [-0.15, -0.1) is 0 Å². The summed E-state index contributed by atoms with van der Waals surface area (Å²) in [6.45, 7) is 9.36. The lowest BCUT2D eigenvalue weighted by atomic mass is 9.81. The number of carbonyl (C=O) groups is 2. The predicted octanol–water partition coefficient (Wildman–Crippen LogP) is 2.42. The number of nitrogens with two attached hydrogens (primary N) is 1. The first kappa shape index (κ1) is 19.7. The third kappa shape index (κ3) is 5.68. The van der Waals surface area contributed by atoms with Crippen LogP contribution in [0.4, 0.5) is 4.79 Å². The van der Waals surface area contributed by atoms with Gasteiger partial charge in [-0.05, 0) is 25.3 Å². The molecular weight excluding hydrogens is 312 g/mol. The fraction of sp³-hybridized carbons (Fsp3) is 0.625. The molecule has 0 bridgehead atoms. The van der Waals surface area contributed by atoms with Gasteiger partial charge in [0.25, 0.3) is 0 Å². The number of aromatic nitrogens is 2. The lowest BCUT2D eigenvalue weighted by Crippen LogP contribution is -2.31. The molecule has 0 aliphatic carbocycles. The Hall–Kier alpha value is -2.38. The summed E-state index contributed by atoms with van der Waals surface area (Å²) in [5, 5.41) is 11.3. The van der Waals surface area contributed by atoms with Gasteiger partial charge < -0.3 is 15.2 Å². The predicted molar refractivity (Wildman–Crippen MR) is 89.0 cm³/mol. The molecule has 1 rings (SSSR count). The minimum absolute atomic E-state index is 0.213. The van der Waals surface area contributed by atoms with E-state index in [1.807, 2.05) is 13.8 Å². The van der Waals surface area contributed by atoms with E-state index in [1.54, 1.807) is 20.8 Å². The average molecular weight is 338 g/mol. The summed E-state index contributed by atoms with van der Waals surface area (Å²) < 4.78 is 11.3. The van der Waals surface area contributed by atoms with Gasteiger partial charge in [0, 0.05) is 11.6 Å². The van der Waals surface area contributed by atoms with Crippen molar-refractivity contribution in [2.75, 3.05) is 6.61 Å². The number of hydrogen-bond donors (Lipinski definition) is 2. The van der Waals surface area contributed by atoms with E-state index in [0.29, 0.717) is 6.42 Å². The molecule has 0 saturated heterocycles. The van der Waals surface area contributed by atoms with E-state index in [0.717, 1.165) is 4.68 Å². The first-order valence-corrected chi connectivity index (χ1v) is 7.81. The summed E-state index contributed by atoms with van der Waals surface area (Å²) in [5.41, 5.74) is 4.74. The second-order valence-electron chi connectivity index (χ2n) is 6.83. The van der Waals surface area contributed by atoms with E-state index in [1.165, 1.54) is 12.3 Å². The normalized spacial score (nSPS) is 12.8. The lowest BCUT2D eigenvalue weighted by molar-refractivity contribution is 0.0104. The molecule has 1 aromatic heterocycles. The van der Waals surface area contributed by atoms with Crippen molar-refractivity contribution in [1.82, 2.24) is 9.78 Å². The molecule has 0 aliphatic heterocycles. The highest BCUT2D eigenvalue weighted by atomic mass is 16.7. The van der Waals surface area contributed by atoms with Crippen LogP contribution >= 0.6 is 0 Å². The quantitative estimate of drug-likeness (QED) is 0.341. The Balaban J connectivity index is 2.64. The SMILES string of the molecule is CC(C)COC(=O)OC(C)CC(C)(C)C(=O)c1ccn(C(=N)N)n1. The molecule has 24 heavy (non-hydrogen) atoms. The molecule has 0 amide bonds. The Labute approximate surface area is 141 Å². The molecule has 0 aliphatic rings. The Bertz CT molecular complexity index is 607. The number of nitrogens with zero attached hydrogens (tertiary/aromatic N) is 2. The third-order valence-corrected chi connectivity index (χ3v) is 3.31. The molecule has 1 aromatic rings. The smallest absolute Gasteiger partial charge is 0.434 e. The van der Waals surface area contributed by atoms with Gasteiger partial charge in [0.05, 0.1) is 6.61 Å². The molecule has 1 unspecified atom stereocenters. The van der Waals surface area contributed by atoms with E-state index in [2.05, 4.69) is 5.10 Å². The van der Waals surface area contributed by atoms with Crippen molar-refractivity contribution in [2.45, 2.75) is 47.1 Å². The van der Waals surface area contributed by atoms with Crippen molar-refractivity contribution in [3.63, 3.8) is 0 Å². The molecule has 1 heterocycles. The van der Waals surface area contributed by atoms with Crippen LogP contribution in [-0.4, -0.2) is 40.4 Å². The summed E-state index contributed by atoms with van der Waals surface area (Å²) in [6, 6.07) is 1.51. The molecular formula is C16H26N4O4. The van der Waals surface area contributed by atoms with Crippen LogP contribution < -0.4 is 5.73 Å². The van der Waals surface area contributed by atoms with Crippen molar-refractivity contribution < 1.29 is 19.1 Å². The molecule has 8 nitrogen and oxygen atoms in total. The van der Waals surface area contributed by atoms with Crippen molar-refractivity contribution in [3.05, 3.63) is 18.0 Å².